The lowest BCUT2D eigenvalue weighted by Gasteiger charge is -2.27. The number of benzene rings is 3. The number of amides is 1. The van der Waals surface area contributed by atoms with Crippen LogP contribution in [-0.2, 0) is 11.3 Å². The minimum absolute atomic E-state index is 0.185. The second-order valence-electron chi connectivity index (χ2n) is 8.72. The van der Waals surface area contributed by atoms with E-state index in [2.05, 4.69) is 10.6 Å². The van der Waals surface area contributed by atoms with Crippen molar-refractivity contribution < 1.29 is 19.4 Å². The van der Waals surface area contributed by atoms with Crippen LogP contribution in [0.1, 0.15) is 29.8 Å². The van der Waals surface area contributed by atoms with Crippen LogP contribution < -0.4 is 15.4 Å². The molecule has 3 aromatic rings. The average molecular weight is 490 g/mol. The van der Waals surface area contributed by atoms with Crippen LogP contribution >= 0.6 is 12.2 Å². The minimum atomic E-state index is -0.983. The molecular formula is C27H27N3O4S. The highest BCUT2D eigenvalue weighted by molar-refractivity contribution is 7.80. The molecule has 1 aliphatic heterocycles. The van der Waals surface area contributed by atoms with Crippen molar-refractivity contribution in [2.45, 2.75) is 26.4 Å². The molecule has 3 N–H and O–H groups in total. The van der Waals surface area contributed by atoms with Gasteiger partial charge in [0, 0.05) is 23.5 Å². The summed E-state index contributed by atoms with van der Waals surface area (Å²) in [4.78, 5) is 26.2. The number of ether oxygens (including phenoxy) is 1. The molecule has 0 radical (unpaired) electrons. The van der Waals surface area contributed by atoms with Crippen LogP contribution in [-0.4, -0.2) is 40.1 Å². The Morgan fingerprint density at radius 1 is 0.971 bits per heavy atom. The highest BCUT2D eigenvalue weighted by Gasteiger charge is 2.38. The highest BCUT2D eigenvalue weighted by Crippen LogP contribution is 2.31. The molecule has 0 unspecified atom stereocenters. The van der Waals surface area contributed by atoms with Crippen LogP contribution in [0, 0.1) is 5.92 Å². The van der Waals surface area contributed by atoms with E-state index in [1.165, 1.54) is 4.90 Å². The van der Waals surface area contributed by atoms with E-state index in [1.807, 2.05) is 80.6 Å². The number of anilines is 2. The number of aliphatic carboxylic acids is 1. The number of thiocarbonyl (C=S) groups is 1. The second-order valence-corrected chi connectivity index (χ2v) is 9.13. The molecule has 7 nitrogen and oxygen atoms in total. The first-order valence-corrected chi connectivity index (χ1v) is 11.7. The number of carboxylic acid groups (broad SMARTS) is 1. The topological polar surface area (TPSA) is 90.9 Å². The molecule has 3 aromatic carbocycles. The number of hydrogen-bond donors (Lipinski definition) is 3. The van der Waals surface area contributed by atoms with Crippen molar-refractivity contribution in [1.29, 1.82) is 0 Å². The Labute approximate surface area is 209 Å². The fourth-order valence-electron chi connectivity index (χ4n) is 4.22. The third-order valence-electron chi connectivity index (χ3n) is 5.99. The molecule has 1 atom stereocenters. The van der Waals surface area contributed by atoms with Crippen molar-refractivity contribution in [3.8, 4) is 16.9 Å². The number of fused-ring (bicyclic) bond motifs is 1. The van der Waals surface area contributed by atoms with Gasteiger partial charge in [0.25, 0.3) is 5.91 Å². The predicted octanol–water partition coefficient (Wildman–Crippen LogP) is 5.24. The van der Waals surface area contributed by atoms with Gasteiger partial charge in [0.1, 0.15) is 11.8 Å². The van der Waals surface area contributed by atoms with Gasteiger partial charge in [0.15, 0.2) is 5.11 Å². The van der Waals surface area contributed by atoms with Gasteiger partial charge in [-0.25, -0.2) is 4.79 Å². The number of nitrogens with one attached hydrogen (secondary N) is 2. The molecule has 0 aromatic heterocycles. The summed E-state index contributed by atoms with van der Waals surface area (Å²) in [5.41, 5.74) is 4.90. The van der Waals surface area contributed by atoms with Crippen LogP contribution in [0.5, 0.6) is 5.75 Å². The van der Waals surface area contributed by atoms with Gasteiger partial charge in [0.2, 0.25) is 0 Å². The molecule has 0 fully saturated rings. The first kappa shape index (κ1) is 24.2. The molecule has 4 rings (SSSR count). The van der Waals surface area contributed by atoms with Crippen molar-refractivity contribution in [2.75, 3.05) is 17.7 Å². The minimum Gasteiger partial charge on any atom is -0.497 e. The van der Waals surface area contributed by atoms with E-state index in [4.69, 9.17) is 17.0 Å². The van der Waals surface area contributed by atoms with Crippen LogP contribution in [0.15, 0.2) is 66.7 Å². The molecule has 0 spiro atoms. The summed E-state index contributed by atoms with van der Waals surface area (Å²) >= 11 is 5.40. The Hall–Kier alpha value is -3.91. The van der Waals surface area contributed by atoms with Gasteiger partial charge in [-0.3, -0.25) is 4.79 Å². The first-order valence-electron chi connectivity index (χ1n) is 11.3. The molecule has 1 aliphatic rings. The van der Waals surface area contributed by atoms with E-state index in [-0.39, 0.29) is 11.8 Å². The van der Waals surface area contributed by atoms with Crippen molar-refractivity contribution in [3.63, 3.8) is 0 Å². The van der Waals surface area contributed by atoms with E-state index in [0.717, 1.165) is 33.8 Å². The molecule has 35 heavy (non-hydrogen) atoms. The number of rotatable bonds is 7. The van der Waals surface area contributed by atoms with E-state index in [0.29, 0.717) is 17.2 Å². The SMILES string of the molecule is COc1ccc(NC(=S)Nc2ccc(-c3ccc4c(c3)C(=O)N([C@H](C(=O)O)C(C)C)C4)cc2)cc1. The third-order valence-corrected chi connectivity index (χ3v) is 6.19. The second kappa shape index (κ2) is 10.1. The molecule has 0 saturated carbocycles. The smallest absolute Gasteiger partial charge is 0.326 e. The number of hydrogen-bond acceptors (Lipinski definition) is 4. The Morgan fingerprint density at radius 2 is 1.54 bits per heavy atom. The fraction of sp³-hybridized carbons (Fsp3) is 0.222. The number of carbonyl (C=O) groups is 2. The van der Waals surface area contributed by atoms with Gasteiger partial charge in [-0.1, -0.05) is 38.1 Å². The van der Waals surface area contributed by atoms with Crippen LogP contribution in [0.25, 0.3) is 11.1 Å². The fourth-order valence-corrected chi connectivity index (χ4v) is 4.46. The summed E-state index contributed by atoms with van der Waals surface area (Å²) in [6.45, 7) is 3.94. The molecule has 8 heteroatoms. The standard InChI is InChI=1S/C27H27N3O4S/c1-16(2)24(26(32)33)30-15-19-5-4-18(14-23(19)25(30)31)17-6-8-20(9-7-17)28-27(35)29-21-10-12-22(34-3)13-11-21/h4-14,16,24H,15H2,1-3H3,(H,32,33)(H2,28,29,35)/t24-/m0/s1. The normalized spacial score (nSPS) is 13.4. The van der Waals surface area contributed by atoms with Gasteiger partial charge >= 0.3 is 5.97 Å². The maximum absolute atomic E-state index is 13.0. The molecule has 180 valence electrons. The van der Waals surface area contributed by atoms with E-state index in [1.54, 1.807) is 7.11 Å². The van der Waals surface area contributed by atoms with E-state index in [9.17, 15) is 14.7 Å². The highest BCUT2D eigenvalue weighted by atomic mass is 32.1. The zero-order valence-corrected chi connectivity index (χ0v) is 20.6. The zero-order chi connectivity index (χ0) is 25.1. The maximum Gasteiger partial charge on any atom is 0.326 e. The average Bonchev–Trinajstić information content (AvgIpc) is 3.15. The maximum atomic E-state index is 13.0. The van der Waals surface area contributed by atoms with Crippen molar-refractivity contribution in [2.24, 2.45) is 5.92 Å². The largest absolute Gasteiger partial charge is 0.497 e. The lowest BCUT2D eigenvalue weighted by atomic mass is 10.00. The molecule has 1 heterocycles. The first-order chi connectivity index (χ1) is 16.8. The Kier molecular flexibility index (Phi) is 7.02. The summed E-state index contributed by atoms with van der Waals surface area (Å²) in [6, 6.07) is 20.1. The zero-order valence-electron chi connectivity index (χ0n) is 19.7. The summed E-state index contributed by atoms with van der Waals surface area (Å²) in [5, 5.41) is 16.4. The molecule has 0 bridgehead atoms. The quantitative estimate of drug-likeness (QED) is 0.391. The van der Waals surface area contributed by atoms with Crippen molar-refractivity contribution in [1.82, 2.24) is 4.90 Å². The van der Waals surface area contributed by atoms with Crippen molar-refractivity contribution >= 4 is 40.6 Å². The molecule has 0 saturated heterocycles. The van der Waals surface area contributed by atoms with Crippen LogP contribution in [0.3, 0.4) is 0 Å². The molecule has 1 amide bonds. The number of carboxylic acids is 1. The summed E-state index contributed by atoms with van der Waals surface area (Å²) in [5.74, 6) is -0.636. The monoisotopic (exact) mass is 489 g/mol. The Morgan fingerprint density at radius 3 is 2.09 bits per heavy atom. The van der Waals surface area contributed by atoms with Crippen LogP contribution in [0.2, 0.25) is 0 Å². The van der Waals surface area contributed by atoms with Gasteiger partial charge in [-0.05, 0) is 77.3 Å². The van der Waals surface area contributed by atoms with Gasteiger partial charge in [-0.2, -0.15) is 0 Å². The lowest BCUT2D eigenvalue weighted by molar-refractivity contribution is -0.144. The van der Waals surface area contributed by atoms with Gasteiger partial charge in [0.05, 0.1) is 7.11 Å². The third kappa shape index (κ3) is 5.27. The predicted molar refractivity (Wildman–Crippen MR) is 141 cm³/mol. The number of methoxy groups -OCH3 is 1. The van der Waals surface area contributed by atoms with E-state index < -0.39 is 12.0 Å². The van der Waals surface area contributed by atoms with Gasteiger partial charge < -0.3 is 25.4 Å². The van der Waals surface area contributed by atoms with Crippen LogP contribution in [0.4, 0.5) is 11.4 Å². The molecular weight excluding hydrogens is 462 g/mol. The van der Waals surface area contributed by atoms with Crippen molar-refractivity contribution in [3.05, 3.63) is 77.9 Å². The Balaban J connectivity index is 1.44. The number of nitrogens with zero attached hydrogens (tertiary/aromatic N) is 1. The Bertz CT molecular complexity index is 1260. The van der Waals surface area contributed by atoms with Gasteiger partial charge in [-0.15, -0.1) is 0 Å². The lowest BCUT2D eigenvalue weighted by Crippen LogP contribution is -2.44. The summed E-state index contributed by atoms with van der Waals surface area (Å²) in [6.07, 6.45) is 0. The number of carbonyl (C=O) groups excluding carboxylic acids is 1. The summed E-state index contributed by atoms with van der Waals surface area (Å²) < 4.78 is 5.16. The van der Waals surface area contributed by atoms with E-state index >= 15 is 0 Å². The summed E-state index contributed by atoms with van der Waals surface area (Å²) in [7, 11) is 1.62. The molecule has 0 aliphatic carbocycles.